The van der Waals surface area contributed by atoms with Crippen molar-refractivity contribution < 1.29 is 9.21 Å². The minimum atomic E-state index is -0.474. The first-order chi connectivity index (χ1) is 15.1. The number of halogens is 1. The van der Waals surface area contributed by atoms with E-state index in [1.807, 2.05) is 47.8 Å². The van der Waals surface area contributed by atoms with E-state index in [1.54, 1.807) is 23.5 Å². The molecule has 1 N–H and O–H groups in total. The molecular formula is C21H13ClN4O2S3. The standard InChI is InChI=1S/C21H13ClN4O2S3/c22-13-5-3-12(4-6-13)11-30-17-8-7-14(28-17)10-15-18(23)26-21(24-19(15)27)31-20(25-26)16-2-1-9-29-16/h1-10,23H,11H2/b15-10-,23-18?. The highest BCUT2D eigenvalue weighted by molar-refractivity contribution is 8.27. The fourth-order valence-corrected chi connectivity index (χ4v) is 5.49. The van der Waals surface area contributed by atoms with E-state index in [1.165, 1.54) is 28.5 Å². The van der Waals surface area contributed by atoms with Crippen LogP contribution in [0.1, 0.15) is 16.2 Å². The molecule has 4 heterocycles. The molecule has 10 heteroatoms. The molecule has 6 nitrogen and oxygen atoms in total. The van der Waals surface area contributed by atoms with Crippen LogP contribution >= 0.6 is 46.5 Å². The number of thioether (sulfide) groups is 2. The Bertz CT molecular complexity index is 1260. The molecule has 1 aromatic carbocycles. The second-order valence-corrected chi connectivity index (χ2v) is 9.79. The summed E-state index contributed by atoms with van der Waals surface area (Å²) in [6.45, 7) is 0. The molecule has 0 bridgehead atoms. The van der Waals surface area contributed by atoms with Crippen molar-refractivity contribution in [3.8, 4) is 0 Å². The van der Waals surface area contributed by atoms with Crippen molar-refractivity contribution in [1.82, 2.24) is 5.01 Å². The summed E-state index contributed by atoms with van der Waals surface area (Å²) in [5.74, 6) is 0.729. The van der Waals surface area contributed by atoms with Crippen molar-refractivity contribution >= 4 is 74.5 Å². The van der Waals surface area contributed by atoms with Gasteiger partial charge >= 0.3 is 0 Å². The average molecular weight is 485 g/mol. The number of amides is 1. The van der Waals surface area contributed by atoms with Gasteiger partial charge in [0.15, 0.2) is 10.9 Å². The van der Waals surface area contributed by atoms with Gasteiger partial charge in [0.05, 0.1) is 10.5 Å². The van der Waals surface area contributed by atoms with Crippen molar-refractivity contribution in [3.63, 3.8) is 0 Å². The van der Waals surface area contributed by atoms with Gasteiger partial charge in [-0.3, -0.25) is 10.2 Å². The van der Waals surface area contributed by atoms with E-state index >= 15 is 0 Å². The minimum Gasteiger partial charge on any atom is -0.450 e. The van der Waals surface area contributed by atoms with Crippen LogP contribution in [-0.4, -0.2) is 27.0 Å². The summed E-state index contributed by atoms with van der Waals surface area (Å²) in [5, 5.41) is 18.8. The second kappa shape index (κ2) is 8.51. The van der Waals surface area contributed by atoms with Gasteiger partial charge in [-0.05, 0) is 59.1 Å². The molecule has 154 valence electrons. The van der Waals surface area contributed by atoms with Crippen LogP contribution in [0.15, 0.2) is 79.1 Å². The summed E-state index contributed by atoms with van der Waals surface area (Å²) in [4.78, 5) is 17.6. The number of nitrogens with zero attached hydrogens (tertiary/aromatic N) is 3. The van der Waals surface area contributed by atoms with Crippen LogP contribution in [0.5, 0.6) is 0 Å². The minimum absolute atomic E-state index is 0.0131. The first-order valence-electron chi connectivity index (χ1n) is 9.08. The number of aliphatic imine (C=N–C) groups is 1. The lowest BCUT2D eigenvalue weighted by molar-refractivity contribution is -0.114. The van der Waals surface area contributed by atoms with Gasteiger partial charge in [0, 0.05) is 10.8 Å². The number of hydrazone groups is 1. The maximum Gasteiger partial charge on any atom is 0.283 e. The number of furan rings is 1. The molecule has 0 radical (unpaired) electrons. The van der Waals surface area contributed by atoms with E-state index in [0.29, 0.717) is 16.0 Å². The van der Waals surface area contributed by atoms with E-state index in [0.717, 1.165) is 26.3 Å². The summed E-state index contributed by atoms with van der Waals surface area (Å²) < 4.78 is 5.83. The third-order valence-electron chi connectivity index (χ3n) is 4.37. The number of nitrogens with one attached hydrogen (secondary N) is 1. The topological polar surface area (TPSA) is 82.0 Å². The van der Waals surface area contributed by atoms with E-state index in [9.17, 15) is 4.79 Å². The predicted molar refractivity (Wildman–Crippen MR) is 128 cm³/mol. The Labute approximate surface area is 195 Å². The van der Waals surface area contributed by atoms with E-state index in [-0.39, 0.29) is 11.4 Å². The molecule has 5 rings (SSSR count). The average Bonchev–Trinajstić information content (AvgIpc) is 3.51. The van der Waals surface area contributed by atoms with Crippen LogP contribution in [0.3, 0.4) is 0 Å². The van der Waals surface area contributed by atoms with Gasteiger partial charge in [-0.25, -0.2) is 0 Å². The normalized spacial score (nSPS) is 17.2. The number of carbonyl (C=O) groups excluding carboxylic acids is 1. The highest BCUT2D eigenvalue weighted by Crippen LogP contribution is 2.33. The van der Waals surface area contributed by atoms with Crippen LogP contribution < -0.4 is 0 Å². The first kappa shape index (κ1) is 20.3. The number of carbonyl (C=O) groups is 1. The van der Waals surface area contributed by atoms with Gasteiger partial charge in [0.1, 0.15) is 10.8 Å². The highest BCUT2D eigenvalue weighted by Gasteiger charge is 2.36. The molecule has 0 saturated heterocycles. The number of fused-ring (bicyclic) bond motifs is 1. The molecule has 0 atom stereocenters. The largest absolute Gasteiger partial charge is 0.450 e. The maximum absolute atomic E-state index is 12.5. The van der Waals surface area contributed by atoms with Crippen LogP contribution in [0, 0.1) is 5.41 Å². The molecule has 0 aliphatic carbocycles. The number of hydrogen-bond donors (Lipinski definition) is 1. The lowest BCUT2D eigenvalue weighted by Gasteiger charge is -2.19. The molecule has 1 amide bonds. The van der Waals surface area contributed by atoms with Crippen LogP contribution in [0.2, 0.25) is 5.02 Å². The second-order valence-electron chi connectivity index (χ2n) is 6.47. The zero-order valence-electron chi connectivity index (χ0n) is 15.7. The molecule has 2 aromatic heterocycles. The Morgan fingerprint density at radius 1 is 1.19 bits per heavy atom. The van der Waals surface area contributed by atoms with Gasteiger partial charge in [0.25, 0.3) is 5.91 Å². The molecule has 3 aromatic rings. The summed E-state index contributed by atoms with van der Waals surface area (Å²) in [7, 11) is 0. The first-order valence-corrected chi connectivity index (χ1v) is 12.1. The third kappa shape index (κ3) is 4.27. The zero-order valence-corrected chi connectivity index (χ0v) is 18.9. The fraction of sp³-hybridized carbons (Fsp3) is 0.0476. The lowest BCUT2D eigenvalue weighted by Crippen LogP contribution is -2.35. The molecule has 31 heavy (non-hydrogen) atoms. The number of benzene rings is 1. The number of amidine groups is 2. The third-order valence-corrected chi connectivity index (χ3v) is 7.55. The molecule has 0 saturated carbocycles. The van der Waals surface area contributed by atoms with Crippen molar-refractivity contribution in [2.75, 3.05) is 0 Å². The Morgan fingerprint density at radius 3 is 2.81 bits per heavy atom. The molecular weight excluding hydrogens is 472 g/mol. The fourth-order valence-electron chi connectivity index (χ4n) is 2.86. The maximum atomic E-state index is 12.5. The lowest BCUT2D eigenvalue weighted by atomic mass is 10.1. The molecule has 2 aliphatic rings. The van der Waals surface area contributed by atoms with Crippen LogP contribution in [-0.2, 0) is 10.5 Å². The molecule has 0 spiro atoms. The molecule has 2 aliphatic heterocycles. The van der Waals surface area contributed by atoms with E-state index in [2.05, 4.69) is 10.1 Å². The summed E-state index contributed by atoms with van der Waals surface area (Å²) in [6, 6.07) is 15.2. The predicted octanol–water partition coefficient (Wildman–Crippen LogP) is 5.95. The van der Waals surface area contributed by atoms with Gasteiger partial charge in [0.2, 0.25) is 5.17 Å². The van der Waals surface area contributed by atoms with Crippen LogP contribution in [0.25, 0.3) is 6.08 Å². The Balaban J connectivity index is 1.32. The van der Waals surface area contributed by atoms with Gasteiger partial charge in [-0.15, -0.1) is 11.3 Å². The molecule has 0 fully saturated rings. The number of thiophene rings is 1. The van der Waals surface area contributed by atoms with Gasteiger partial charge in [-0.2, -0.15) is 15.1 Å². The van der Waals surface area contributed by atoms with Crippen molar-refractivity contribution in [3.05, 3.63) is 80.7 Å². The Kier molecular flexibility index (Phi) is 5.58. The number of hydrogen-bond acceptors (Lipinski definition) is 7. The summed E-state index contributed by atoms with van der Waals surface area (Å²) in [5.41, 5.74) is 1.27. The van der Waals surface area contributed by atoms with Gasteiger partial charge < -0.3 is 4.42 Å². The van der Waals surface area contributed by atoms with Crippen LogP contribution in [0.4, 0.5) is 0 Å². The van der Waals surface area contributed by atoms with Crippen molar-refractivity contribution in [1.29, 1.82) is 5.41 Å². The van der Waals surface area contributed by atoms with Crippen molar-refractivity contribution in [2.24, 2.45) is 10.1 Å². The molecule has 0 unspecified atom stereocenters. The van der Waals surface area contributed by atoms with E-state index in [4.69, 9.17) is 21.4 Å². The highest BCUT2D eigenvalue weighted by atomic mass is 35.5. The Hall–Kier alpha value is -2.59. The summed E-state index contributed by atoms with van der Waals surface area (Å²) in [6.07, 6.45) is 1.54. The Morgan fingerprint density at radius 2 is 2.03 bits per heavy atom. The monoisotopic (exact) mass is 484 g/mol. The summed E-state index contributed by atoms with van der Waals surface area (Å²) >= 11 is 10.3. The number of rotatable bonds is 5. The zero-order chi connectivity index (χ0) is 21.4. The van der Waals surface area contributed by atoms with E-state index < -0.39 is 5.91 Å². The SMILES string of the molecule is N=C1/C(=C/c2ccc(SCc3ccc(Cl)cc3)o2)C(=O)N=C2SC(c3cccs3)=NN12. The quantitative estimate of drug-likeness (QED) is 0.357. The van der Waals surface area contributed by atoms with Crippen molar-refractivity contribution in [2.45, 2.75) is 10.8 Å². The smallest absolute Gasteiger partial charge is 0.283 e. The van der Waals surface area contributed by atoms with Gasteiger partial charge in [-0.1, -0.05) is 41.6 Å².